The minimum absolute atomic E-state index is 0.568. The average Bonchev–Trinajstić information content (AvgIpc) is 2.30. The fraction of sp³-hybridized carbons (Fsp3) is 0.571. The van der Waals surface area contributed by atoms with Crippen LogP contribution in [-0.4, -0.2) is 12.6 Å². The lowest BCUT2D eigenvalue weighted by molar-refractivity contribution is 0.639. The molecular formula is C14H22N2. The van der Waals surface area contributed by atoms with Crippen molar-refractivity contribution in [1.82, 2.24) is 5.32 Å². The lowest BCUT2D eigenvalue weighted by atomic mass is 9.99. The van der Waals surface area contributed by atoms with E-state index < -0.39 is 0 Å². The Kier molecular flexibility index (Phi) is 3.83. The molecule has 0 spiro atoms. The summed E-state index contributed by atoms with van der Waals surface area (Å²) in [6.45, 7) is 6.62. The summed E-state index contributed by atoms with van der Waals surface area (Å²) in [5.41, 5.74) is 4.30. The topological polar surface area (TPSA) is 24.1 Å². The summed E-state index contributed by atoms with van der Waals surface area (Å²) in [5.74, 6) is 0. The molecule has 2 N–H and O–H groups in total. The third kappa shape index (κ3) is 2.56. The predicted molar refractivity (Wildman–Crippen MR) is 69.8 cm³/mol. The van der Waals surface area contributed by atoms with Gasteiger partial charge in [0.1, 0.15) is 0 Å². The molecule has 1 aliphatic heterocycles. The molecule has 0 saturated heterocycles. The summed E-state index contributed by atoms with van der Waals surface area (Å²) < 4.78 is 0. The average molecular weight is 218 g/mol. The number of nitrogens with one attached hydrogen (secondary N) is 2. The number of hydrogen-bond donors (Lipinski definition) is 2. The SMILES string of the molecule is CCCC(C)Nc1cccc2c1CNCC2. The Morgan fingerprint density at radius 3 is 3.12 bits per heavy atom. The van der Waals surface area contributed by atoms with Gasteiger partial charge in [-0.1, -0.05) is 25.5 Å². The number of benzene rings is 1. The first-order valence-electron chi connectivity index (χ1n) is 6.39. The quantitative estimate of drug-likeness (QED) is 0.812. The highest BCUT2D eigenvalue weighted by Gasteiger charge is 2.13. The first kappa shape index (κ1) is 11.5. The Morgan fingerprint density at radius 2 is 2.31 bits per heavy atom. The van der Waals surface area contributed by atoms with Gasteiger partial charge in [-0.05, 0) is 43.5 Å². The molecule has 1 aliphatic rings. The second-order valence-corrected chi connectivity index (χ2v) is 4.70. The van der Waals surface area contributed by atoms with E-state index in [4.69, 9.17) is 0 Å². The Morgan fingerprint density at radius 1 is 1.44 bits per heavy atom. The van der Waals surface area contributed by atoms with Crippen LogP contribution < -0.4 is 10.6 Å². The molecule has 2 heteroatoms. The highest BCUT2D eigenvalue weighted by Crippen LogP contribution is 2.23. The molecule has 0 saturated carbocycles. The van der Waals surface area contributed by atoms with Crippen molar-refractivity contribution in [3.05, 3.63) is 29.3 Å². The molecule has 1 heterocycles. The van der Waals surface area contributed by atoms with Gasteiger partial charge in [0.2, 0.25) is 0 Å². The van der Waals surface area contributed by atoms with Crippen LogP contribution in [0.3, 0.4) is 0 Å². The lowest BCUT2D eigenvalue weighted by Gasteiger charge is -2.23. The maximum Gasteiger partial charge on any atom is 0.0390 e. The van der Waals surface area contributed by atoms with Crippen molar-refractivity contribution in [2.45, 2.75) is 45.7 Å². The van der Waals surface area contributed by atoms with Crippen LogP contribution in [-0.2, 0) is 13.0 Å². The van der Waals surface area contributed by atoms with Crippen molar-refractivity contribution in [2.24, 2.45) is 0 Å². The number of fused-ring (bicyclic) bond motifs is 1. The van der Waals surface area contributed by atoms with Crippen molar-refractivity contribution in [1.29, 1.82) is 0 Å². The fourth-order valence-corrected chi connectivity index (χ4v) is 2.42. The highest BCUT2D eigenvalue weighted by atomic mass is 14.9. The van der Waals surface area contributed by atoms with Crippen molar-refractivity contribution < 1.29 is 0 Å². The van der Waals surface area contributed by atoms with E-state index in [0.717, 1.165) is 19.5 Å². The van der Waals surface area contributed by atoms with Crippen LogP contribution in [0.25, 0.3) is 0 Å². The molecular weight excluding hydrogens is 196 g/mol. The summed E-state index contributed by atoms with van der Waals surface area (Å²) in [4.78, 5) is 0. The third-order valence-corrected chi connectivity index (χ3v) is 3.27. The molecule has 0 fully saturated rings. The fourth-order valence-electron chi connectivity index (χ4n) is 2.42. The summed E-state index contributed by atoms with van der Waals surface area (Å²) in [6, 6.07) is 7.20. The van der Waals surface area contributed by atoms with Crippen LogP contribution in [0.1, 0.15) is 37.8 Å². The molecule has 1 atom stereocenters. The van der Waals surface area contributed by atoms with Crippen molar-refractivity contribution >= 4 is 5.69 Å². The molecule has 2 nitrogen and oxygen atoms in total. The van der Waals surface area contributed by atoms with Crippen molar-refractivity contribution in [3.63, 3.8) is 0 Å². The van der Waals surface area contributed by atoms with Crippen LogP contribution in [0.15, 0.2) is 18.2 Å². The zero-order valence-corrected chi connectivity index (χ0v) is 10.3. The molecule has 0 bridgehead atoms. The number of anilines is 1. The van der Waals surface area contributed by atoms with Gasteiger partial charge in [0.15, 0.2) is 0 Å². The van der Waals surface area contributed by atoms with Crippen LogP contribution in [0.4, 0.5) is 5.69 Å². The molecule has 1 aromatic carbocycles. The number of rotatable bonds is 4. The zero-order chi connectivity index (χ0) is 11.4. The predicted octanol–water partition coefficient (Wildman–Crippen LogP) is 2.93. The van der Waals surface area contributed by atoms with E-state index in [2.05, 4.69) is 42.7 Å². The van der Waals surface area contributed by atoms with Crippen LogP contribution in [0.2, 0.25) is 0 Å². The normalized spacial score (nSPS) is 16.6. The second-order valence-electron chi connectivity index (χ2n) is 4.70. The lowest BCUT2D eigenvalue weighted by Crippen LogP contribution is -2.26. The minimum Gasteiger partial charge on any atom is -0.382 e. The standard InChI is InChI=1S/C14H22N2/c1-3-5-11(2)16-14-7-4-6-12-8-9-15-10-13(12)14/h4,6-7,11,15-16H,3,5,8-10H2,1-2H3. The van der Waals surface area contributed by atoms with Gasteiger partial charge in [-0.15, -0.1) is 0 Å². The van der Waals surface area contributed by atoms with Crippen LogP contribution >= 0.6 is 0 Å². The van der Waals surface area contributed by atoms with Crippen LogP contribution in [0, 0.1) is 0 Å². The summed E-state index contributed by atoms with van der Waals surface area (Å²) >= 11 is 0. The molecule has 16 heavy (non-hydrogen) atoms. The van der Waals surface area contributed by atoms with Gasteiger partial charge in [0, 0.05) is 18.3 Å². The smallest absolute Gasteiger partial charge is 0.0390 e. The minimum atomic E-state index is 0.568. The largest absolute Gasteiger partial charge is 0.382 e. The zero-order valence-electron chi connectivity index (χ0n) is 10.3. The monoisotopic (exact) mass is 218 g/mol. The Hall–Kier alpha value is -1.02. The maximum absolute atomic E-state index is 3.63. The Bertz CT molecular complexity index is 347. The van der Waals surface area contributed by atoms with Gasteiger partial charge in [0.25, 0.3) is 0 Å². The van der Waals surface area contributed by atoms with E-state index in [9.17, 15) is 0 Å². The van der Waals surface area contributed by atoms with Gasteiger partial charge in [0.05, 0.1) is 0 Å². The molecule has 0 amide bonds. The van der Waals surface area contributed by atoms with Crippen LogP contribution in [0.5, 0.6) is 0 Å². The van der Waals surface area contributed by atoms with Gasteiger partial charge >= 0.3 is 0 Å². The Balaban J connectivity index is 2.14. The molecule has 0 radical (unpaired) electrons. The molecule has 0 aliphatic carbocycles. The molecule has 88 valence electrons. The first-order valence-corrected chi connectivity index (χ1v) is 6.39. The summed E-state index contributed by atoms with van der Waals surface area (Å²) in [7, 11) is 0. The third-order valence-electron chi connectivity index (χ3n) is 3.27. The van der Waals surface area contributed by atoms with E-state index in [1.165, 1.54) is 29.7 Å². The Labute approximate surface area is 98.4 Å². The van der Waals surface area contributed by atoms with Crippen molar-refractivity contribution in [3.8, 4) is 0 Å². The molecule has 2 rings (SSSR count). The second kappa shape index (κ2) is 5.35. The highest BCUT2D eigenvalue weighted by molar-refractivity contribution is 5.56. The van der Waals surface area contributed by atoms with Gasteiger partial charge in [-0.25, -0.2) is 0 Å². The van der Waals surface area contributed by atoms with E-state index in [-0.39, 0.29) is 0 Å². The summed E-state index contributed by atoms with van der Waals surface area (Å²) in [5, 5.41) is 7.08. The van der Waals surface area contributed by atoms with Gasteiger partial charge in [-0.3, -0.25) is 0 Å². The molecule has 0 aromatic heterocycles. The molecule has 1 unspecified atom stereocenters. The van der Waals surface area contributed by atoms with E-state index >= 15 is 0 Å². The first-order chi connectivity index (χ1) is 7.81. The van der Waals surface area contributed by atoms with Gasteiger partial charge < -0.3 is 10.6 Å². The van der Waals surface area contributed by atoms with E-state index in [1.54, 1.807) is 0 Å². The maximum atomic E-state index is 3.63. The number of hydrogen-bond acceptors (Lipinski definition) is 2. The summed E-state index contributed by atoms with van der Waals surface area (Å²) in [6.07, 6.45) is 3.63. The van der Waals surface area contributed by atoms with E-state index in [1.807, 2.05) is 0 Å². The van der Waals surface area contributed by atoms with Crippen molar-refractivity contribution in [2.75, 3.05) is 11.9 Å². The molecule has 1 aromatic rings. The van der Waals surface area contributed by atoms with Gasteiger partial charge in [-0.2, -0.15) is 0 Å². The van der Waals surface area contributed by atoms with E-state index in [0.29, 0.717) is 6.04 Å².